The molecule has 0 bridgehead atoms. The first-order valence-corrected chi connectivity index (χ1v) is 8.28. The molecule has 0 aliphatic rings. The third-order valence-corrected chi connectivity index (χ3v) is 4.07. The normalized spacial score (nSPS) is 10.6. The van der Waals surface area contributed by atoms with Gasteiger partial charge in [-0.2, -0.15) is 0 Å². The van der Waals surface area contributed by atoms with E-state index in [9.17, 15) is 0 Å². The zero-order valence-corrected chi connectivity index (χ0v) is 14.1. The van der Waals surface area contributed by atoms with Crippen molar-refractivity contribution in [3.05, 3.63) is 90.2 Å². The summed E-state index contributed by atoms with van der Waals surface area (Å²) < 4.78 is 0. The number of aromatic nitrogens is 3. The van der Waals surface area contributed by atoms with Crippen molar-refractivity contribution in [1.29, 1.82) is 0 Å². The lowest BCUT2D eigenvalue weighted by atomic mass is 10.0. The van der Waals surface area contributed by atoms with Gasteiger partial charge in [0.1, 0.15) is 0 Å². The number of nitrogens with zero attached hydrogens (tertiary/aromatic N) is 3. The Morgan fingerprint density at radius 3 is 1.72 bits per heavy atom. The van der Waals surface area contributed by atoms with Crippen molar-refractivity contribution in [2.45, 2.75) is 0 Å². The Kier molecular flexibility index (Phi) is 4.23. The van der Waals surface area contributed by atoms with Gasteiger partial charge < -0.3 is 0 Å². The molecule has 4 rings (SSSR count). The molecule has 120 valence electrons. The Hall–Kier alpha value is -3.04. The van der Waals surface area contributed by atoms with E-state index in [1.54, 1.807) is 12.4 Å². The largest absolute Gasteiger partial charge is 0.255 e. The molecule has 3 heterocycles. The summed E-state index contributed by atoms with van der Waals surface area (Å²) in [6, 6.07) is 23.4. The van der Waals surface area contributed by atoms with Gasteiger partial charge in [0.15, 0.2) is 0 Å². The van der Waals surface area contributed by atoms with E-state index in [2.05, 4.69) is 9.97 Å². The van der Waals surface area contributed by atoms with Crippen LogP contribution in [-0.2, 0) is 0 Å². The Bertz CT molecular complexity index is 944. The van der Waals surface area contributed by atoms with Gasteiger partial charge in [-0.1, -0.05) is 35.9 Å². The molecule has 0 radical (unpaired) electrons. The summed E-state index contributed by atoms with van der Waals surface area (Å²) in [5, 5.41) is 0.702. The minimum absolute atomic E-state index is 0.702. The van der Waals surface area contributed by atoms with Crippen LogP contribution in [0.25, 0.3) is 33.9 Å². The summed E-state index contributed by atoms with van der Waals surface area (Å²) in [6.45, 7) is 0. The number of halogens is 1. The number of pyridine rings is 3. The van der Waals surface area contributed by atoms with Crippen molar-refractivity contribution in [3.8, 4) is 33.9 Å². The van der Waals surface area contributed by atoms with Crippen LogP contribution in [0.4, 0.5) is 0 Å². The average Bonchev–Trinajstić information content (AvgIpc) is 2.69. The first kappa shape index (κ1) is 15.5. The molecule has 0 atom stereocenters. The van der Waals surface area contributed by atoms with Crippen LogP contribution >= 0.6 is 11.6 Å². The molecule has 0 aliphatic carbocycles. The van der Waals surface area contributed by atoms with Gasteiger partial charge in [0.05, 0.1) is 22.8 Å². The zero-order valence-electron chi connectivity index (χ0n) is 13.3. The summed E-state index contributed by atoms with van der Waals surface area (Å²) in [6.07, 6.45) is 3.53. The van der Waals surface area contributed by atoms with E-state index in [0.717, 1.165) is 33.9 Å². The van der Waals surface area contributed by atoms with Gasteiger partial charge in [-0.05, 0) is 59.7 Å². The Balaban J connectivity index is 1.92. The highest BCUT2D eigenvalue weighted by Crippen LogP contribution is 2.29. The SMILES string of the molecule is Clc1cccc(-c2cc(-c3ccccn3)nc(-c3ccccn3)c2)c1. The average molecular weight is 344 g/mol. The molecule has 0 amide bonds. The van der Waals surface area contributed by atoms with Crippen molar-refractivity contribution in [2.75, 3.05) is 0 Å². The predicted molar refractivity (Wildman–Crippen MR) is 101 cm³/mol. The van der Waals surface area contributed by atoms with Gasteiger partial charge in [-0.25, -0.2) is 4.98 Å². The summed E-state index contributed by atoms with van der Waals surface area (Å²) in [4.78, 5) is 13.6. The fourth-order valence-corrected chi connectivity index (χ4v) is 2.85. The molecule has 0 saturated heterocycles. The standard InChI is InChI=1S/C21H14ClN3/c22-17-7-5-6-15(12-17)16-13-20(18-8-1-3-10-23-18)25-21(14-16)19-9-2-4-11-24-19/h1-14H. The highest BCUT2D eigenvalue weighted by Gasteiger charge is 2.10. The molecule has 1 aromatic carbocycles. The number of hydrogen-bond donors (Lipinski definition) is 0. The summed E-state index contributed by atoms with van der Waals surface area (Å²) in [7, 11) is 0. The first-order chi connectivity index (χ1) is 12.3. The van der Waals surface area contributed by atoms with Gasteiger partial charge in [-0.15, -0.1) is 0 Å². The second kappa shape index (κ2) is 6.83. The molecular weight excluding hydrogens is 330 g/mol. The van der Waals surface area contributed by atoms with Gasteiger partial charge in [-0.3, -0.25) is 9.97 Å². The molecule has 0 N–H and O–H groups in total. The smallest absolute Gasteiger partial charge is 0.0900 e. The lowest BCUT2D eigenvalue weighted by Gasteiger charge is -2.09. The third kappa shape index (κ3) is 3.42. The zero-order chi connectivity index (χ0) is 17.1. The summed E-state index contributed by atoms with van der Waals surface area (Å²) in [5.74, 6) is 0. The quantitative estimate of drug-likeness (QED) is 0.491. The fraction of sp³-hybridized carbons (Fsp3) is 0. The lowest BCUT2D eigenvalue weighted by Crippen LogP contribution is -1.93. The van der Waals surface area contributed by atoms with E-state index in [1.165, 1.54) is 0 Å². The number of hydrogen-bond acceptors (Lipinski definition) is 3. The third-order valence-electron chi connectivity index (χ3n) is 3.84. The van der Waals surface area contributed by atoms with Crippen molar-refractivity contribution in [2.24, 2.45) is 0 Å². The van der Waals surface area contributed by atoms with E-state index in [4.69, 9.17) is 16.6 Å². The van der Waals surface area contributed by atoms with Gasteiger partial charge in [0.2, 0.25) is 0 Å². The molecule has 0 unspecified atom stereocenters. The highest BCUT2D eigenvalue weighted by atomic mass is 35.5. The van der Waals surface area contributed by atoms with Crippen molar-refractivity contribution < 1.29 is 0 Å². The molecule has 0 saturated carbocycles. The molecule has 4 aromatic rings. The first-order valence-electron chi connectivity index (χ1n) is 7.90. The second-order valence-electron chi connectivity index (χ2n) is 5.57. The van der Waals surface area contributed by atoms with Crippen LogP contribution in [0.15, 0.2) is 85.2 Å². The van der Waals surface area contributed by atoms with E-state index >= 15 is 0 Å². The number of rotatable bonds is 3. The highest BCUT2D eigenvalue weighted by molar-refractivity contribution is 6.30. The van der Waals surface area contributed by atoms with E-state index in [1.807, 2.05) is 72.8 Å². The molecular formula is C21H14ClN3. The van der Waals surface area contributed by atoms with Gasteiger partial charge in [0.25, 0.3) is 0 Å². The van der Waals surface area contributed by atoms with Crippen LogP contribution < -0.4 is 0 Å². The molecule has 0 aliphatic heterocycles. The number of benzene rings is 1. The van der Waals surface area contributed by atoms with E-state index in [-0.39, 0.29) is 0 Å². The predicted octanol–water partition coefficient (Wildman–Crippen LogP) is 5.53. The van der Waals surface area contributed by atoms with Crippen LogP contribution in [0.3, 0.4) is 0 Å². The van der Waals surface area contributed by atoms with E-state index < -0.39 is 0 Å². The van der Waals surface area contributed by atoms with Crippen LogP contribution in [0.2, 0.25) is 5.02 Å². The molecule has 4 heteroatoms. The maximum Gasteiger partial charge on any atom is 0.0900 e. The molecule has 0 spiro atoms. The van der Waals surface area contributed by atoms with Crippen molar-refractivity contribution >= 4 is 11.6 Å². The van der Waals surface area contributed by atoms with Gasteiger partial charge in [0, 0.05) is 17.4 Å². The summed E-state index contributed by atoms with van der Waals surface area (Å²) in [5.41, 5.74) is 5.31. The monoisotopic (exact) mass is 343 g/mol. The van der Waals surface area contributed by atoms with Crippen LogP contribution in [0, 0.1) is 0 Å². The minimum atomic E-state index is 0.702. The van der Waals surface area contributed by atoms with Crippen molar-refractivity contribution in [1.82, 2.24) is 15.0 Å². The maximum absolute atomic E-state index is 6.17. The molecule has 25 heavy (non-hydrogen) atoms. The maximum atomic E-state index is 6.17. The topological polar surface area (TPSA) is 38.7 Å². The minimum Gasteiger partial charge on any atom is -0.255 e. The van der Waals surface area contributed by atoms with Crippen LogP contribution in [0.1, 0.15) is 0 Å². The molecule has 0 fully saturated rings. The Labute approximate surface area is 151 Å². The van der Waals surface area contributed by atoms with E-state index in [0.29, 0.717) is 5.02 Å². The fourth-order valence-electron chi connectivity index (χ4n) is 2.66. The Morgan fingerprint density at radius 1 is 0.560 bits per heavy atom. The van der Waals surface area contributed by atoms with Crippen LogP contribution in [0.5, 0.6) is 0 Å². The second-order valence-corrected chi connectivity index (χ2v) is 6.00. The van der Waals surface area contributed by atoms with Crippen molar-refractivity contribution in [3.63, 3.8) is 0 Å². The van der Waals surface area contributed by atoms with Gasteiger partial charge >= 0.3 is 0 Å². The lowest BCUT2D eigenvalue weighted by molar-refractivity contribution is 1.22. The molecule has 3 nitrogen and oxygen atoms in total. The molecule has 3 aromatic heterocycles. The Morgan fingerprint density at radius 2 is 1.20 bits per heavy atom. The van der Waals surface area contributed by atoms with Crippen LogP contribution in [-0.4, -0.2) is 15.0 Å². The summed E-state index contributed by atoms with van der Waals surface area (Å²) >= 11 is 6.17.